The molecule has 0 amide bonds. The Bertz CT molecular complexity index is 581. The first-order chi connectivity index (χ1) is 11.4. The lowest BCUT2D eigenvalue weighted by molar-refractivity contribution is 0.0136. The van der Waals surface area contributed by atoms with Crippen molar-refractivity contribution in [3.8, 4) is 0 Å². The highest BCUT2D eigenvalue weighted by molar-refractivity contribution is 7.86. The summed E-state index contributed by atoms with van der Waals surface area (Å²) in [7, 11) is -6.76. The molecule has 0 aromatic carbocycles. The van der Waals surface area contributed by atoms with E-state index in [0.29, 0.717) is 11.8 Å². The van der Waals surface area contributed by atoms with Gasteiger partial charge in [0.15, 0.2) is 0 Å². The van der Waals surface area contributed by atoms with E-state index in [9.17, 15) is 16.8 Å². The second-order valence-electron chi connectivity index (χ2n) is 8.37. The van der Waals surface area contributed by atoms with Gasteiger partial charge in [0.1, 0.15) is 0 Å². The van der Waals surface area contributed by atoms with Crippen LogP contribution in [0.1, 0.15) is 65.2 Å². The van der Waals surface area contributed by atoms with Gasteiger partial charge in [0.2, 0.25) is 0 Å². The minimum atomic E-state index is -3.38. The zero-order valence-corrected chi connectivity index (χ0v) is 17.4. The Labute approximate surface area is 152 Å². The fourth-order valence-corrected chi connectivity index (χ4v) is 6.01. The van der Waals surface area contributed by atoms with E-state index >= 15 is 0 Å². The summed E-state index contributed by atoms with van der Waals surface area (Å²) in [4.78, 5) is 0. The highest BCUT2D eigenvalue weighted by atomic mass is 32.2. The predicted molar refractivity (Wildman–Crippen MR) is 97.1 cm³/mol. The number of hydrogen-bond donors (Lipinski definition) is 0. The molecule has 0 radical (unpaired) electrons. The average Bonchev–Trinajstić information content (AvgIpc) is 2.45. The van der Waals surface area contributed by atoms with Gasteiger partial charge >= 0.3 is 0 Å². The molecular weight excluding hydrogens is 364 g/mol. The van der Waals surface area contributed by atoms with Crippen molar-refractivity contribution >= 4 is 20.2 Å². The summed E-state index contributed by atoms with van der Waals surface area (Å²) < 4.78 is 55.4. The van der Waals surface area contributed by atoms with Crippen LogP contribution in [0.2, 0.25) is 0 Å². The van der Waals surface area contributed by atoms with Crippen LogP contribution in [0.25, 0.3) is 0 Å². The van der Waals surface area contributed by atoms with Crippen LogP contribution in [0, 0.1) is 17.3 Å². The van der Waals surface area contributed by atoms with Crippen molar-refractivity contribution in [1.82, 2.24) is 0 Å². The van der Waals surface area contributed by atoms with Crippen LogP contribution < -0.4 is 0 Å². The lowest BCUT2D eigenvalue weighted by atomic mass is 9.60. The molecule has 0 spiro atoms. The van der Waals surface area contributed by atoms with Crippen molar-refractivity contribution in [3.05, 3.63) is 0 Å². The summed E-state index contributed by atoms with van der Waals surface area (Å²) in [5, 5.41) is 0. The van der Waals surface area contributed by atoms with E-state index in [4.69, 9.17) is 8.37 Å². The zero-order chi connectivity index (χ0) is 18.9. The Kier molecular flexibility index (Phi) is 6.61. The molecule has 0 N–H and O–H groups in total. The minimum absolute atomic E-state index is 0.159. The monoisotopic (exact) mass is 396 g/mol. The molecule has 0 unspecified atom stereocenters. The summed E-state index contributed by atoms with van der Waals surface area (Å²) in [6.45, 7) is 4.61. The first-order valence-corrected chi connectivity index (χ1v) is 12.8. The normalized spacial score (nSPS) is 32.5. The molecule has 0 bridgehead atoms. The first kappa shape index (κ1) is 21.1. The maximum atomic E-state index is 11.3. The molecule has 2 rings (SSSR count). The summed E-state index contributed by atoms with van der Waals surface area (Å²) in [5.41, 5.74) is 0.159. The lowest BCUT2D eigenvalue weighted by Crippen LogP contribution is -2.39. The smallest absolute Gasteiger partial charge is 0.264 e. The van der Waals surface area contributed by atoms with Crippen molar-refractivity contribution in [2.24, 2.45) is 17.3 Å². The van der Waals surface area contributed by atoms with Gasteiger partial charge in [0.25, 0.3) is 20.2 Å². The third-order valence-corrected chi connectivity index (χ3v) is 7.32. The van der Waals surface area contributed by atoms with Crippen LogP contribution >= 0.6 is 0 Å². The van der Waals surface area contributed by atoms with Crippen LogP contribution in [0.5, 0.6) is 0 Å². The van der Waals surface area contributed by atoms with Crippen molar-refractivity contribution < 1.29 is 25.2 Å². The quantitative estimate of drug-likeness (QED) is 0.641. The SMILES string of the molecule is CC(C)(C1CCC(OS(C)(=O)=O)CC1)C1CCC(OS(C)(=O)=O)CC1. The van der Waals surface area contributed by atoms with E-state index in [0.717, 1.165) is 63.9 Å². The molecule has 0 aliphatic heterocycles. The van der Waals surface area contributed by atoms with Crippen molar-refractivity contribution in [3.63, 3.8) is 0 Å². The van der Waals surface area contributed by atoms with Crippen molar-refractivity contribution in [2.45, 2.75) is 77.4 Å². The molecule has 2 fully saturated rings. The molecule has 0 atom stereocenters. The summed E-state index contributed by atoms with van der Waals surface area (Å²) >= 11 is 0. The van der Waals surface area contributed by atoms with Crippen LogP contribution in [-0.2, 0) is 28.6 Å². The fourth-order valence-electron chi connectivity index (χ4n) is 4.63. The summed E-state index contributed by atoms with van der Waals surface area (Å²) in [6, 6.07) is 0. The van der Waals surface area contributed by atoms with Gasteiger partial charge in [-0.3, -0.25) is 8.37 Å². The van der Waals surface area contributed by atoms with Crippen LogP contribution in [0.3, 0.4) is 0 Å². The highest BCUT2D eigenvalue weighted by Crippen LogP contribution is 2.49. The average molecular weight is 397 g/mol. The highest BCUT2D eigenvalue weighted by Gasteiger charge is 2.41. The molecule has 6 nitrogen and oxygen atoms in total. The van der Waals surface area contributed by atoms with Gasteiger partial charge in [-0.2, -0.15) is 16.8 Å². The van der Waals surface area contributed by atoms with E-state index in [1.165, 1.54) is 0 Å². The maximum Gasteiger partial charge on any atom is 0.264 e. The van der Waals surface area contributed by atoms with Gasteiger partial charge in [-0.05, 0) is 68.6 Å². The van der Waals surface area contributed by atoms with E-state index in [-0.39, 0.29) is 17.6 Å². The van der Waals surface area contributed by atoms with Gasteiger partial charge in [-0.1, -0.05) is 13.8 Å². The molecule has 2 saturated carbocycles. The second kappa shape index (κ2) is 7.82. The number of hydrogen-bond acceptors (Lipinski definition) is 6. The third-order valence-electron chi connectivity index (χ3n) is 6.07. The molecular formula is C17H32O6S2. The molecule has 2 aliphatic carbocycles. The van der Waals surface area contributed by atoms with E-state index in [1.54, 1.807) is 0 Å². The van der Waals surface area contributed by atoms with Gasteiger partial charge < -0.3 is 0 Å². The zero-order valence-electron chi connectivity index (χ0n) is 15.7. The topological polar surface area (TPSA) is 86.7 Å². The van der Waals surface area contributed by atoms with Crippen molar-refractivity contribution in [2.75, 3.05) is 12.5 Å². The molecule has 25 heavy (non-hydrogen) atoms. The summed E-state index contributed by atoms with van der Waals surface area (Å²) in [5.74, 6) is 1.09. The molecule has 8 heteroatoms. The lowest BCUT2D eigenvalue weighted by Gasteiger charge is -2.46. The van der Waals surface area contributed by atoms with E-state index < -0.39 is 20.2 Å². The molecule has 0 heterocycles. The van der Waals surface area contributed by atoms with Crippen LogP contribution in [-0.4, -0.2) is 41.6 Å². The Balaban J connectivity index is 1.86. The maximum absolute atomic E-state index is 11.3. The Morgan fingerprint density at radius 2 is 0.920 bits per heavy atom. The molecule has 148 valence electrons. The first-order valence-electron chi connectivity index (χ1n) is 9.13. The number of rotatable bonds is 6. The third kappa shape index (κ3) is 6.48. The van der Waals surface area contributed by atoms with Crippen molar-refractivity contribution in [1.29, 1.82) is 0 Å². The van der Waals surface area contributed by atoms with Crippen LogP contribution in [0.4, 0.5) is 0 Å². The van der Waals surface area contributed by atoms with Gasteiger partial charge in [0.05, 0.1) is 24.7 Å². The Morgan fingerprint density at radius 3 is 1.16 bits per heavy atom. The van der Waals surface area contributed by atoms with Gasteiger partial charge in [0, 0.05) is 0 Å². The Morgan fingerprint density at radius 1 is 0.640 bits per heavy atom. The second-order valence-corrected chi connectivity index (χ2v) is 11.6. The van der Waals surface area contributed by atoms with E-state index in [1.807, 2.05) is 0 Å². The Hall–Kier alpha value is -0.180. The van der Waals surface area contributed by atoms with E-state index in [2.05, 4.69) is 13.8 Å². The van der Waals surface area contributed by atoms with Gasteiger partial charge in [-0.25, -0.2) is 0 Å². The largest absolute Gasteiger partial charge is 0.267 e. The predicted octanol–water partition coefficient (Wildman–Crippen LogP) is 3.08. The standard InChI is InChI=1S/C17H32O6S2/c1-17(2,13-5-9-15(10-6-13)22-24(3,18)19)14-7-11-16(12-8-14)23-25(4,20)21/h13-16H,5-12H2,1-4H3. The molecule has 0 aromatic heterocycles. The van der Waals surface area contributed by atoms with Gasteiger partial charge in [-0.15, -0.1) is 0 Å². The molecule has 2 aliphatic rings. The fraction of sp³-hybridized carbons (Fsp3) is 1.00. The minimum Gasteiger partial charge on any atom is -0.267 e. The summed E-state index contributed by atoms with van der Waals surface area (Å²) in [6.07, 6.45) is 8.92. The molecule has 0 saturated heterocycles. The molecule has 0 aromatic rings. The van der Waals surface area contributed by atoms with Crippen LogP contribution in [0.15, 0.2) is 0 Å².